The van der Waals surface area contributed by atoms with Crippen LogP contribution in [0.2, 0.25) is 5.02 Å². The summed E-state index contributed by atoms with van der Waals surface area (Å²) in [5.41, 5.74) is 5.51. The zero-order valence-corrected chi connectivity index (χ0v) is 13.9. The van der Waals surface area contributed by atoms with Crippen molar-refractivity contribution < 1.29 is 18.6 Å². The molecular weight excluding hydrogens is 315 g/mol. The van der Waals surface area contributed by atoms with Crippen LogP contribution in [-0.2, 0) is 14.1 Å². The molecule has 0 spiro atoms. The van der Waals surface area contributed by atoms with Gasteiger partial charge in [-0.3, -0.25) is 9.36 Å². The van der Waals surface area contributed by atoms with E-state index in [1.54, 1.807) is 38.1 Å². The number of esters is 1. The number of hydrogen-bond acceptors (Lipinski definition) is 5. The molecule has 3 N–H and O–H groups in total. The molecule has 0 aromatic heterocycles. The summed E-state index contributed by atoms with van der Waals surface area (Å²) in [6, 6.07) is 5.78. The van der Waals surface area contributed by atoms with Crippen LogP contribution in [0, 0.1) is 0 Å². The fraction of sp³-hybridized carbons (Fsp3) is 0.462. The standard InChI is InChI=1S/C13H20ClN2O4P/c1-9(2)19-13(17)10(3)16-21(18,8-15)20-12-7-5-4-6-11(12)14/h4-7,9-10H,8,15H2,1-3H3,(H,16,18)/t10-,21?/m0/s1. The quantitative estimate of drug-likeness (QED) is 0.588. The molecule has 0 saturated carbocycles. The van der Waals surface area contributed by atoms with Crippen LogP contribution in [0.4, 0.5) is 0 Å². The van der Waals surface area contributed by atoms with Gasteiger partial charge in [-0.15, -0.1) is 0 Å². The van der Waals surface area contributed by atoms with Crippen molar-refractivity contribution in [1.82, 2.24) is 5.09 Å². The minimum absolute atomic E-state index is 0.241. The molecule has 0 radical (unpaired) electrons. The summed E-state index contributed by atoms with van der Waals surface area (Å²) < 4.78 is 23.0. The second-order valence-corrected chi connectivity index (χ2v) is 7.27. The van der Waals surface area contributed by atoms with Crippen molar-refractivity contribution in [2.45, 2.75) is 32.9 Å². The van der Waals surface area contributed by atoms with Gasteiger partial charge in [0.05, 0.1) is 17.4 Å². The number of nitrogens with one attached hydrogen (secondary N) is 1. The summed E-state index contributed by atoms with van der Waals surface area (Å²) in [6.45, 7) is 4.99. The molecule has 1 aromatic rings. The average molecular weight is 335 g/mol. The lowest BCUT2D eigenvalue weighted by atomic mass is 10.3. The molecular formula is C13H20ClN2O4P. The lowest BCUT2D eigenvalue weighted by Crippen LogP contribution is -2.37. The second-order valence-electron chi connectivity index (χ2n) is 4.71. The van der Waals surface area contributed by atoms with Gasteiger partial charge in [-0.25, -0.2) is 5.09 Å². The summed E-state index contributed by atoms with van der Waals surface area (Å²) >= 11 is 5.95. The van der Waals surface area contributed by atoms with E-state index < -0.39 is 19.5 Å². The maximum atomic E-state index is 12.6. The Hall–Kier alpha value is -1.07. The Morgan fingerprint density at radius 1 is 1.38 bits per heavy atom. The Morgan fingerprint density at radius 3 is 2.52 bits per heavy atom. The van der Waals surface area contributed by atoms with Gasteiger partial charge in [-0.2, -0.15) is 0 Å². The fourth-order valence-corrected chi connectivity index (χ4v) is 3.11. The van der Waals surface area contributed by atoms with Crippen LogP contribution < -0.4 is 15.3 Å². The van der Waals surface area contributed by atoms with E-state index in [4.69, 9.17) is 26.6 Å². The van der Waals surface area contributed by atoms with Crippen LogP contribution in [0.1, 0.15) is 20.8 Å². The predicted molar refractivity (Wildman–Crippen MR) is 82.6 cm³/mol. The minimum atomic E-state index is -3.46. The molecule has 118 valence electrons. The molecule has 6 nitrogen and oxygen atoms in total. The van der Waals surface area contributed by atoms with Crippen LogP contribution in [-0.4, -0.2) is 24.4 Å². The van der Waals surface area contributed by atoms with Crippen molar-refractivity contribution in [3.63, 3.8) is 0 Å². The molecule has 21 heavy (non-hydrogen) atoms. The van der Waals surface area contributed by atoms with Gasteiger partial charge >= 0.3 is 13.5 Å². The van der Waals surface area contributed by atoms with Crippen molar-refractivity contribution in [2.24, 2.45) is 5.73 Å². The van der Waals surface area contributed by atoms with E-state index in [1.807, 2.05) is 0 Å². The van der Waals surface area contributed by atoms with Crippen molar-refractivity contribution >= 4 is 25.1 Å². The van der Waals surface area contributed by atoms with Crippen LogP contribution in [0.3, 0.4) is 0 Å². The van der Waals surface area contributed by atoms with Crippen molar-refractivity contribution in [2.75, 3.05) is 6.29 Å². The first-order valence-corrected chi connectivity index (χ1v) is 8.67. The van der Waals surface area contributed by atoms with Gasteiger partial charge in [0.2, 0.25) is 0 Å². The van der Waals surface area contributed by atoms with E-state index in [1.165, 1.54) is 6.92 Å². The summed E-state index contributed by atoms with van der Waals surface area (Å²) in [6.07, 6.45) is -0.541. The third kappa shape index (κ3) is 5.67. The van der Waals surface area contributed by atoms with Gasteiger partial charge in [-0.05, 0) is 32.9 Å². The van der Waals surface area contributed by atoms with E-state index >= 15 is 0 Å². The van der Waals surface area contributed by atoms with Crippen LogP contribution in [0.15, 0.2) is 24.3 Å². The van der Waals surface area contributed by atoms with Gasteiger partial charge < -0.3 is 15.0 Å². The Bertz CT molecular complexity index is 539. The number of para-hydroxylation sites is 1. The van der Waals surface area contributed by atoms with E-state index in [0.29, 0.717) is 5.02 Å². The Balaban J connectivity index is 2.79. The molecule has 0 bridgehead atoms. The number of ether oxygens (including phenoxy) is 1. The first-order valence-electron chi connectivity index (χ1n) is 6.49. The van der Waals surface area contributed by atoms with Crippen molar-refractivity contribution in [1.29, 1.82) is 0 Å². The van der Waals surface area contributed by atoms with E-state index in [2.05, 4.69) is 5.09 Å². The minimum Gasteiger partial charge on any atom is -0.462 e. The molecule has 0 aliphatic carbocycles. The highest BCUT2D eigenvalue weighted by Gasteiger charge is 2.29. The van der Waals surface area contributed by atoms with Gasteiger partial charge in [0.25, 0.3) is 0 Å². The number of benzene rings is 1. The molecule has 0 aliphatic heterocycles. The molecule has 1 unspecified atom stereocenters. The summed E-state index contributed by atoms with van der Waals surface area (Å²) in [5, 5.41) is 2.91. The lowest BCUT2D eigenvalue weighted by molar-refractivity contribution is -0.149. The zero-order chi connectivity index (χ0) is 16.0. The highest BCUT2D eigenvalue weighted by Crippen LogP contribution is 2.43. The highest BCUT2D eigenvalue weighted by molar-refractivity contribution is 7.57. The fourth-order valence-electron chi connectivity index (χ4n) is 1.48. The van der Waals surface area contributed by atoms with E-state index in [0.717, 1.165) is 0 Å². The van der Waals surface area contributed by atoms with E-state index in [9.17, 15) is 9.36 Å². The second kappa shape index (κ2) is 7.80. The lowest BCUT2D eigenvalue weighted by Gasteiger charge is -2.23. The SMILES string of the molecule is CC(C)OC(=O)[C@H](C)NP(=O)(CN)Oc1ccccc1Cl. The third-order valence-corrected chi connectivity index (χ3v) is 4.48. The summed E-state index contributed by atoms with van der Waals surface area (Å²) in [5.74, 6) is -0.286. The van der Waals surface area contributed by atoms with Crippen molar-refractivity contribution in [3.8, 4) is 5.75 Å². The molecule has 0 amide bonds. The topological polar surface area (TPSA) is 90.7 Å². The molecule has 1 aromatic carbocycles. The average Bonchev–Trinajstić information content (AvgIpc) is 2.40. The highest BCUT2D eigenvalue weighted by atomic mass is 35.5. The Kier molecular flexibility index (Phi) is 6.68. The smallest absolute Gasteiger partial charge is 0.330 e. The van der Waals surface area contributed by atoms with Gasteiger partial charge in [0.1, 0.15) is 11.8 Å². The monoisotopic (exact) mass is 334 g/mol. The summed E-state index contributed by atoms with van der Waals surface area (Å²) in [4.78, 5) is 11.7. The van der Waals surface area contributed by atoms with Gasteiger partial charge in [0.15, 0.2) is 0 Å². The molecule has 2 atom stereocenters. The third-order valence-electron chi connectivity index (χ3n) is 2.42. The molecule has 1 rings (SSSR count). The Morgan fingerprint density at radius 2 is 2.00 bits per heavy atom. The number of carbonyl (C=O) groups excluding carboxylic acids is 1. The van der Waals surface area contributed by atoms with E-state index in [-0.39, 0.29) is 18.1 Å². The predicted octanol–water partition coefficient (Wildman–Crippen LogP) is 2.76. The van der Waals surface area contributed by atoms with Crippen molar-refractivity contribution in [3.05, 3.63) is 29.3 Å². The maximum absolute atomic E-state index is 12.6. The largest absolute Gasteiger partial charge is 0.462 e. The molecule has 0 saturated heterocycles. The first-order chi connectivity index (χ1) is 9.77. The van der Waals surface area contributed by atoms with Crippen LogP contribution >= 0.6 is 19.1 Å². The first kappa shape index (κ1) is 18.0. The normalized spacial score (nSPS) is 15.3. The van der Waals surface area contributed by atoms with Gasteiger partial charge in [-0.1, -0.05) is 23.7 Å². The molecule has 0 fully saturated rings. The van der Waals surface area contributed by atoms with Gasteiger partial charge in [0, 0.05) is 0 Å². The molecule has 8 heteroatoms. The molecule has 0 heterocycles. The number of hydrogen-bond donors (Lipinski definition) is 2. The summed E-state index contributed by atoms with van der Waals surface area (Å²) in [7, 11) is -3.46. The molecule has 0 aliphatic rings. The van der Waals surface area contributed by atoms with Crippen LogP contribution in [0.5, 0.6) is 5.75 Å². The number of rotatable bonds is 7. The zero-order valence-electron chi connectivity index (χ0n) is 12.2. The Labute approximate surface area is 129 Å². The van der Waals surface area contributed by atoms with Crippen LogP contribution in [0.25, 0.3) is 0 Å². The number of halogens is 1. The number of nitrogens with two attached hydrogens (primary N) is 1. The number of carbonyl (C=O) groups is 1. The maximum Gasteiger partial charge on any atom is 0.330 e.